The first-order chi connectivity index (χ1) is 15.9. The Morgan fingerprint density at radius 3 is 2.27 bits per heavy atom. The number of aryl methyl sites for hydroxylation is 1. The van der Waals surface area contributed by atoms with Crippen LogP contribution in [0.4, 0.5) is 0 Å². The van der Waals surface area contributed by atoms with Gasteiger partial charge in [0, 0.05) is 23.6 Å². The molecule has 33 heavy (non-hydrogen) atoms. The zero-order valence-electron chi connectivity index (χ0n) is 18.6. The summed E-state index contributed by atoms with van der Waals surface area (Å²) in [5.41, 5.74) is 2.99. The van der Waals surface area contributed by atoms with Crippen molar-refractivity contribution in [3.05, 3.63) is 90.1 Å². The Kier molecular flexibility index (Phi) is 6.33. The summed E-state index contributed by atoms with van der Waals surface area (Å²) in [6, 6.07) is 23.4. The van der Waals surface area contributed by atoms with Crippen molar-refractivity contribution >= 4 is 33.2 Å². The minimum absolute atomic E-state index is 0.0260. The standard InChI is InChI=1S/C26H24NO5S/c1-27-21(12-10-20-6-4-5-7-24(20)27)11-8-19-9-17-25(26(18-19)31-3)32-33(28,29)23-15-13-22(30-2)14-16-23/h4-18H,1-3H3/q+1. The molecule has 0 fully saturated rings. The minimum Gasteiger partial charge on any atom is -0.497 e. The van der Waals surface area contributed by atoms with E-state index in [2.05, 4.69) is 28.8 Å². The third kappa shape index (κ3) is 4.83. The highest BCUT2D eigenvalue weighted by Gasteiger charge is 2.19. The van der Waals surface area contributed by atoms with E-state index in [0.717, 1.165) is 16.8 Å². The summed E-state index contributed by atoms with van der Waals surface area (Å²) in [4.78, 5) is 0.0260. The van der Waals surface area contributed by atoms with Gasteiger partial charge in [0.2, 0.25) is 11.2 Å². The van der Waals surface area contributed by atoms with E-state index in [1.54, 1.807) is 30.3 Å². The molecule has 4 aromatic rings. The topological polar surface area (TPSA) is 65.7 Å². The van der Waals surface area contributed by atoms with Crippen molar-refractivity contribution in [2.24, 2.45) is 7.05 Å². The zero-order chi connectivity index (χ0) is 23.4. The minimum atomic E-state index is -4.02. The summed E-state index contributed by atoms with van der Waals surface area (Å²) in [7, 11) is 0.981. The van der Waals surface area contributed by atoms with Crippen LogP contribution < -0.4 is 18.2 Å². The van der Waals surface area contributed by atoms with Crippen LogP contribution >= 0.6 is 0 Å². The van der Waals surface area contributed by atoms with E-state index in [1.807, 2.05) is 31.3 Å². The Labute approximate surface area is 193 Å². The maximum Gasteiger partial charge on any atom is 0.339 e. The van der Waals surface area contributed by atoms with Crippen LogP contribution in [-0.2, 0) is 17.2 Å². The van der Waals surface area contributed by atoms with Crippen molar-refractivity contribution in [1.82, 2.24) is 0 Å². The van der Waals surface area contributed by atoms with Gasteiger partial charge in [-0.1, -0.05) is 18.2 Å². The number of rotatable bonds is 7. The van der Waals surface area contributed by atoms with Gasteiger partial charge in [-0.15, -0.1) is 0 Å². The van der Waals surface area contributed by atoms with Gasteiger partial charge < -0.3 is 13.7 Å². The first kappa shape index (κ1) is 22.4. The van der Waals surface area contributed by atoms with Crippen LogP contribution in [-0.4, -0.2) is 22.6 Å². The predicted octanol–water partition coefficient (Wildman–Crippen LogP) is 4.62. The van der Waals surface area contributed by atoms with Gasteiger partial charge in [-0.05, 0) is 60.2 Å². The van der Waals surface area contributed by atoms with Crippen molar-refractivity contribution in [3.8, 4) is 17.2 Å². The number of hydrogen-bond acceptors (Lipinski definition) is 5. The van der Waals surface area contributed by atoms with Crippen LogP contribution in [0.2, 0.25) is 0 Å². The molecule has 0 saturated carbocycles. The fourth-order valence-electron chi connectivity index (χ4n) is 3.47. The number of aromatic nitrogens is 1. The second-order valence-corrected chi connectivity index (χ2v) is 8.88. The van der Waals surface area contributed by atoms with Crippen LogP contribution in [0.1, 0.15) is 11.3 Å². The van der Waals surface area contributed by atoms with E-state index in [9.17, 15) is 8.42 Å². The number of benzene rings is 3. The highest BCUT2D eigenvalue weighted by Crippen LogP contribution is 2.31. The monoisotopic (exact) mass is 462 g/mol. The van der Waals surface area contributed by atoms with E-state index < -0.39 is 10.1 Å². The van der Waals surface area contributed by atoms with Crippen molar-refractivity contribution in [2.45, 2.75) is 4.90 Å². The Morgan fingerprint density at radius 1 is 0.788 bits per heavy atom. The number of hydrogen-bond donors (Lipinski definition) is 0. The first-order valence-electron chi connectivity index (χ1n) is 10.2. The molecule has 6 nitrogen and oxygen atoms in total. The summed E-state index contributed by atoms with van der Waals surface area (Å²) < 4.78 is 43.3. The molecule has 0 bridgehead atoms. The summed E-state index contributed by atoms with van der Waals surface area (Å²) in [6.07, 6.45) is 3.93. The van der Waals surface area contributed by atoms with Gasteiger partial charge in [0.15, 0.2) is 11.5 Å². The lowest BCUT2D eigenvalue weighted by Gasteiger charge is -2.11. The second-order valence-electron chi connectivity index (χ2n) is 7.33. The lowest BCUT2D eigenvalue weighted by molar-refractivity contribution is -0.646. The zero-order valence-corrected chi connectivity index (χ0v) is 19.4. The summed E-state index contributed by atoms with van der Waals surface area (Å²) in [6.45, 7) is 0. The number of nitrogens with zero attached hydrogens (tertiary/aromatic N) is 1. The van der Waals surface area contributed by atoms with Crippen molar-refractivity contribution in [2.75, 3.05) is 14.2 Å². The Bertz CT molecular complexity index is 1430. The van der Waals surface area contributed by atoms with E-state index in [-0.39, 0.29) is 10.6 Å². The van der Waals surface area contributed by atoms with E-state index in [4.69, 9.17) is 13.7 Å². The van der Waals surface area contributed by atoms with Gasteiger partial charge in [-0.2, -0.15) is 13.0 Å². The van der Waals surface area contributed by atoms with E-state index in [0.29, 0.717) is 11.5 Å². The number of ether oxygens (including phenoxy) is 2. The molecule has 0 radical (unpaired) electrons. The van der Waals surface area contributed by atoms with Gasteiger partial charge >= 0.3 is 10.1 Å². The molecule has 1 heterocycles. The quantitative estimate of drug-likeness (QED) is 0.296. The molecule has 0 aliphatic heterocycles. The van der Waals surface area contributed by atoms with E-state index in [1.165, 1.54) is 31.7 Å². The molecule has 1 aromatic heterocycles. The lowest BCUT2D eigenvalue weighted by atomic mass is 10.1. The average Bonchev–Trinajstić information content (AvgIpc) is 2.84. The molecule has 0 N–H and O–H groups in total. The molecule has 0 unspecified atom stereocenters. The van der Waals surface area contributed by atoms with Crippen molar-refractivity contribution in [1.29, 1.82) is 0 Å². The third-order valence-corrected chi connectivity index (χ3v) is 6.55. The fourth-order valence-corrected chi connectivity index (χ4v) is 4.41. The van der Waals surface area contributed by atoms with Gasteiger partial charge in [-0.25, -0.2) is 0 Å². The van der Waals surface area contributed by atoms with Crippen molar-refractivity contribution in [3.63, 3.8) is 0 Å². The molecule has 168 valence electrons. The van der Waals surface area contributed by atoms with E-state index >= 15 is 0 Å². The molecule has 0 aliphatic rings. The summed E-state index contributed by atoms with van der Waals surface area (Å²) in [5.74, 6) is 0.987. The van der Waals surface area contributed by atoms with Gasteiger partial charge in [-0.3, -0.25) is 0 Å². The molecule has 7 heteroatoms. The average molecular weight is 463 g/mol. The summed E-state index contributed by atoms with van der Waals surface area (Å²) >= 11 is 0. The van der Waals surface area contributed by atoms with Gasteiger partial charge in [0.1, 0.15) is 17.7 Å². The van der Waals surface area contributed by atoms with Crippen LogP contribution in [0.3, 0.4) is 0 Å². The maximum atomic E-state index is 12.7. The van der Waals surface area contributed by atoms with Gasteiger partial charge in [0.25, 0.3) is 0 Å². The molecular formula is C26H24NO5S+. The normalized spacial score (nSPS) is 11.6. The summed E-state index contributed by atoms with van der Waals surface area (Å²) in [5, 5.41) is 1.17. The molecule has 0 amide bonds. The smallest absolute Gasteiger partial charge is 0.339 e. The van der Waals surface area contributed by atoms with Crippen LogP contribution in [0.25, 0.3) is 23.1 Å². The number of fused-ring (bicyclic) bond motifs is 1. The SMILES string of the molecule is COc1ccc(S(=O)(=O)Oc2ccc(C=Cc3ccc4ccccc4[n+]3C)cc2OC)cc1. The van der Waals surface area contributed by atoms with Crippen LogP contribution in [0, 0.1) is 0 Å². The van der Waals surface area contributed by atoms with Crippen molar-refractivity contribution < 1.29 is 26.6 Å². The molecule has 0 atom stereocenters. The van der Waals surface area contributed by atoms with Crippen LogP contribution in [0.15, 0.2) is 83.8 Å². The first-order valence-corrected chi connectivity index (χ1v) is 11.6. The molecular weight excluding hydrogens is 438 g/mol. The fraction of sp³-hybridized carbons (Fsp3) is 0.115. The highest BCUT2D eigenvalue weighted by molar-refractivity contribution is 7.87. The molecule has 3 aromatic carbocycles. The lowest BCUT2D eigenvalue weighted by Crippen LogP contribution is -2.32. The predicted molar refractivity (Wildman–Crippen MR) is 128 cm³/mol. The molecule has 0 aliphatic carbocycles. The number of para-hydroxylation sites is 1. The Morgan fingerprint density at radius 2 is 1.55 bits per heavy atom. The molecule has 4 rings (SSSR count). The Hall–Kier alpha value is -3.84. The third-order valence-electron chi connectivity index (χ3n) is 5.30. The molecule has 0 spiro atoms. The number of pyridine rings is 1. The maximum absolute atomic E-state index is 12.7. The van der Waals surface area contributed by atoms with Gasteiger partial charge in [0.05, 0.1) is 14.2 Å². The largest absolute Gasteiger partial charge is 0.497 e. The molecule has 0 saturated heterocycles. The highest BCUT2D eigenvalue weighted by atomic mass is 32.2. The van der Waals surface area contributed by atoms with Crippen LogP contribution in [0.5, 0.6) is 17.2 Å². The Balaban J connectivity index is 1.58. The second kappa shape index (κ2) is 9.34. The number of methoxy groups -OCH3 is 2.